The van der Waals surface area contributed by atoms with Crippen LogP contribution in [0.15, 0.2) is 42.9 Å². The van der Waals surface area contributed by atoms with Gasteiger partial charge in [-0.2, -0.15) is 5.26 Å². The third-order valence-corrected chi connectivity index (χ3v) is 8.36. The molecule has 0 bridgehead atoms. The molecule has 2 saturated carbocycles. The highest BCUT2D eigenvalue weighted by Crippen LogP contribution is 2.53. The Bertz CT molecular complexity index is 1570. The molecule has 0 unspecified atom stereocenters. The number of fused-ring (bicyclic) bond motifs is 1. The number of nitrogens with one attached hydrogen (secondary N) is 3. The molecule has 3 N–H and O–H groups in total. The van der Waals surface area contributed by atoms with Gasteiger partial charge in [0.25, 0.3) is 5.91 Å². The lowest BCUT2D eigenvalue weighted by Gasteiger charge is -2.46. The molecule has 10 heteroatoms. The van der Waals surface area contributed by atoms with Gasteiger partial charge in [-0.25, -0.2) is 4.98 Å². The van der Waals surface area contributed by atoms with E-state index in [1.54, 1.807) is 12.5 Å². The summed E-state index contributed by atoms with van der Waals surface area (Å²) in [5.41, 5.74) is 4.21. The van der Waals surface area contributed by atoms with E-state index < -0.39 is 0 Å². The predicted octanol–water partition coefficient (Wildman–Crippen LogP) is 4.85. The van der Waals surface area contributed by atoms with E-state index in [9.17, 15) is 10.1 Å². The van der Waals surface area contributed by atoms with Crippen LogP contribution in [0, 0.1) is 17.2 Å². The second-order valence-corrected chi connectivity index (χ2v) is 11.4. The first kappa shape index (κ1) is 24.6. The van der Waals surface area contributed by atoms with E-state index in [4.69, 9.17) is 11.6 Å². The molecule has 194 valence electrons. The van der Waals surface area contributed by atoms with Crippen molar-refractivity contribution in [3.8, 4) is 6.07 Å². The van der Waals surface area contributed by atoms with Crippen LogP contribution in [0.25, 0.3) is 11.0 Å². The first-order valence-electron chi connectivity index (χ1n) is 12.9. The maximum Gasteiger partial charge on any atom is 0.274 e. The molecule has 3 heterocycles. The van der Waals surface area contributed by atoms with Crippen LogP contribution in [0.2, 0.25) is 5.02 Å². The maximum absolute atomic E-state index is 13.4. The van der Waals surface area contributed by atoms with Crippen LogP contribution in [0.4, 0.5) is 5.69 Å². The first-order chi connectivity index (χ1) is 18.3. The molecule has 0 atom stereocenters. The highest BCUT2D eigenvalue weighted by atomic mass is 35.5. The fourth-order valence-electron chi connectivity index (χ4n) is 5.62. The number of carbonyl (C=O) groups is 1. The number of nitriles is 1. The van der Waals surface area contributed by atoms with Gasteiger partial charge in [-0.3, -0.25) is 4.79 Å². The van der Waals surface area contributed by atoms with Crippen LogP contribution in [0.1, 0.15) is 66.5 Å². The number of rotatable bonds is 8. The minimum Gasteiger partial charge on any atom is -0.358 e. The van der Waals surface area contributed by atoms with Crippen LogP contribution in [-0.4, -0.2) is 36.2 Å². The molecule has 1 amide bonds. The van der Waals surface area contributed by atoms with E-state index in [0.29, 0.717) is 40.8 Å². The van der Waals surface area contributed by atoms with Gasteiger partial charge in [-0.05, 0) is 67.9 Å². The number of aromatic nitrogens is 5. The first-order valence-corrected chi connectivity index (χ1v) is 13.2. The van der Waals surface area contributed by atoms with Crippen molar-refractivity contribution in [1.82, 2.24) is 30.0 Å². The lowest BCUT2D eigenvalue weighted by Crippen LogP contribution is -2.44. The zero-order chi connectivity index (χ0) is 26.5. The van der Waals surface area contributed by atoms with Crippen molar-refractivity contribution in [2.24, 2.45) is 13.0 Å². The van der Waals surface area contributed by atoms with Crippen molar-refractivity contribution < 1.29 is 4.79 Å². The molecule has 0 saturated heterocycles. The van der Waals surface area contributed by atoms with E-state index in [-0.39, 0.29) is 16.9 Å². The second kappa shape index (κ2) is 9.22. The molecular formula is C28H29ClN8O. The molecule has 1 aromatic carbocycles. The summed E-state index contributed by atoms with van der Waals surface area (Å²) >= 11 is 6.39. The topological polar surface area (TPSA) is 124 Å². The predicted molar refractivity (Wildman–Crippen MR) is 145 cm³/mol. The second-order valence-electron chi connectivity index (χ2n) is 11.0. The fraction of sp³-hybridized carbons (Fsp3) is 0.393. The number of H-pyrrole nitrogens is 1. The zero-order valence-corrected chi connectivity index (χ0v) is 22.1. The van der Waals surface area contributed by atoms with Crippen molar-refractivity contribution >= 4 is 34.2 Å². The van der Waals surface area contributed by atoms with Crippen molar-refractivity contribution in [1.29, 1.82) is 5.26 Å². The van der Waals surface area contributed by atoms with Crippen molar-refractivity contribution in [3.63, 3.8) is 0 Å². The minimum absolute atomic E-state index is 0.154. The van der Waals surface area contributed by atoms with Gasteiger partial charge in [-0.1, -0.05) is 23.7 Å². The van der Waals surface area contributed by atoms with Gasteiger partial charge in [-0.15, -0.1) is 10.2 Å². The molecule has 3 aromatic heterocycles. The summed E-state index contributed by atoms with van der Waals surface area (Å²) < 4.78 is 1.94. The molecule has 2 aliphatic rings. The number of halogens is 1. The van der Waals surface area contributed by atoms with Gasteiger partial charge >= 0.3 is 0 Å². The van der Waals surface area contributed by atoms with Gasteiger partial charge in [0.1, 0.15) is 23.4 Å². The maximum atomic E-state index is 13.4. The summed E-state index contributed by atoms with van der Waals surface area (Å²) in [6, 6.07) is 12.0. The zero-order valence-electron chi connectivity index (χ0n) is 21.4. The number of nitrogens with zero attached hydrogens (tertiary/aromatic N) is 5. The monoisotopic (exact) mass is 528 g/mol. The highest BCUT2D eigenvalue weighted by molar-refractivity contribution is 6.35. The van der Waals surface area contributed by atoms with Gasteiger partial charge in [0.05, 0.1) is 22.0 Å². The van der Waals surface area contributed by atoms with Crippen LogP contribution in [0.5, 0.6) is 0 Å². The molecular weight excluding hydrogens is 500 g/mol. The average Bonchev–Trinajstić information content (AvgIpc) is 3.27. The number of aryl methyl sites for hydroxylation is 1. The minimum atomic E-state index is -0.346. The molecule has 0 radical (unpaired) electrons. The van der Waals surface area contributed by atoms with E-state index in [1.165, 1.54) is 0 Å². The Labute approximate surface area is 225 Å². The number of anilines is 1. The molecule has 0 spiro atoms. The average molecular weight is 529 g/mol. The largest absolute Gasteiger partial charge is 0.358 e. The van der Waals surface area contributed by atoms with Crippen molar-refractivity contribution in [2.45, 2.75) is 56.5 Å². The third kappa shape index (κ3) is 4.34. The normalized spacial score (nSPS) is 21.6. The third-order valence-electron chi connectivity index (χ3n) is 8.08. The van der Waals surface area contributed by atoms with Gasteiger partial charge in [0, 0.05) is 37.4 Å². The Kier molecular flexibility index (Phi) is 5.97. The summed E-state index contributed by atoms with van der Waals surface area (Å²) in [6.07, 6.45) is 7.82. The standard InChI is InChI=1S/C28H29ClN8O/c1-27(7-8-27)32-14-18-10-22(35-24-21(29)15-31-23(18)24)25(38)34-20-5-3-4-19(11-20)28(12-17(13-28)6-9-30)26-36-33-16-37(26)2/h3-5,10-11,15-17,31-32H,6-8,12-14H2,1-2H3,(H,34,38). The number of pyridine rings is 1. The molecule has 2 aliphatic carbocycles. The van der Waals surface area contributed by atoms with E-state index in [0.717, 1.165) is 48.2 Å². The quantitative estimate of drug-likeness (QED) is 0.300. The summed E-state index contributed by atoms with van der Waals surface area (Å²) in [4.78, 5) is 21.2. The molecule has 38 heavy (non-hydrogen) atoms. The number of aromatic amines is 1. The molecule has 9 nitrogen and oxygen atoms in total. The van der Waals surface area contributed by atoms with Gasteiger partial charge < -0.3 is 20.2 Å². The summed E-state index contributed by atoms with van der Waals surface area (Å²) in [5, 5.41) is 24.8. The Morgan fingerprint density at radius 2 is 2.13 bits per heavy atom. The Hall–Kier alpha value is -3.74. The fourth-order valence-corrected chi connectivity index (χ4v) is 5.81. The molecule has 2 fully saturated rings. The van der Waals surface area contributed by atoms with Gasteiger partial charge in [0.15, 0.2) is 0 Å². The SMILES string of the molecule is Cn1cnnc1C1(c2cccc(NC(=O)c3cc(CNC4(C)CC4)c4[nH]cc(Cl)c4n3)c2)CC(CC#N)C1. The number of benzene rings is 1. The Balaban J connectivity index is 1.28. The van der Waals surface area contributed by atoms with E-state index >= 15 is 0 Å². The van der Waals surface area contributed by atoms with E-state index in [2.05, 4.69) is 49.9 Å². The van der Waals surface area contributed by atoms with E-state index in [1.807, 2.05) is 35.9 Å². The number of carbonyl (C=O) groups excluding carboxylic acids is 1. The Morgan fingerprint density at radius 3 is 2.84 bits per heavy atom. The number of hydrogen-bond acceptors (Lipinski definition) is 6. The van der Waals surface area contributed by atoms with Crippen LogP contribution in [-0.2, 0) is 19.0 Å². The Morgan fingerprint density at radius 1 is 1.32 bits per heavy atom. The summed E-state index contributed by atoms with van der Waals surface area (Å²) in [5.74, 6) is 0.872. The van der Waals surface area contributed by atoms with Gasteiger partial charge in [0.2, 0.25) is 0 Å². The van der Waals surface area contributed by atoms with Crippen molar-refractivity contribution in [3.05, 3.63) is 70.5 Å². The van der Waals surface area contributed by atoms with Crippen LogP contribution in [0.3, 0.4) is 0 Å². The molecule has 6 rings (SSSR count). The molecule has 4 aromatic rings. The van der Waals surface area contributed by atoms with Crippen LogP contribution < -0.4 is 10.6 Å². The van der Waals surface area contributed by atoms with Crippen LogP contribution >= 0.6 is 11.6 Å². The summed E-state index contributed by atoms with van der Waals surface area (Å²) in [6.45, 7) is 2.82. The molecule has 0 aliphatic heterocycles. The number of amides is 1. The highest BCUT2D eigenvalue weighted by Gasteiger charge is 2.49. The van der Waals surface area contributed by atoms with Crippen molar-refractivity contribution in [2.75, 3.05) is 5.32 Å². The lowest BCUT2D eigenvalue weighted by molar-refractivity contribution is 0.102. The summed E-state index contributed by atoms with van der Waals surface area (Å²) in [7, 11) is 1.93. The lowest BCUT2D eigenvalue weighted by atomic mass is 9.57. The number of hydrogen-bond donors (Lipinski definition) is 3. The smallest absolute Gasteiger partial charge is 0.274 e.